The summed E-state index contributed by atoms with van der Waals surface area (Å²) < 4.78 is 5.34. The van der Waals surface area contributed by atoms with Crippen molar-refractivity contribution in [2.24, 2.45) is 5.92 Å². The van der Waals surface area contributed by atoms with Crippen molar-refractivity contribution in [2.45, 2.75) is 12.5 Å². The van der Waals surface area contributed by atoms with Gasteiger partial charge in [-0.2, -0.15) is 0 Å². The van der Waals surface area contributed by atoms with Crippen LogP contribution < -0.4 is 5.32 Å². The predicted octanol–water partition coefficient (Wildman–Crippen LogP) is 0.00930. The van der Waals surface area contributed by atoms with E-state index in [-0.39, 0.29) is 17.9 Å². The van der Waals surface area contributed by atoms with Gasteiger partial charge in [-0.25, -0.2) is 0 Å². The van der Waals surface area contributed by atoms with Crippen LogP contribution in [0.4, 0.5) is 0 Å². The van der Waals surface area contributed by atoms with Crippen LogP contribution in [0.5, 0.6) is 0 Å². The van der Waals surface area contributed by atoms with E-state index < -0.39 is 0 Å². The third kappa shape index (κ3) is 2.21. The highest BCUT2D eigenvalue weighted by Gasteiger charge is 2.35. The molecule has 2 aliphatic heterocycles. The first-order chi connectivity index (χ1) is 7.33. The first-order valence-corrected chi connectivity index (χ1v) is 5.51. The van der Waals surface area contributed by atoms with Gasteiger partial charge in [-0.05, 0) is 13.5 Å². The molecular weight excluding hydrogens is 192 g/mol. The van der Waals surface area contributed by atoms with E-state index in [4.69, 9.17) is 4.74 Å². The minimum absolute atomic E-state index is 0.00139. The number of likely N-dealkylation sites (N-methyl/N-ethyl adjacent to an activating group) is 1. The number of carbonyl (C=O) groups excluding carboxylic acids is 1. The molecule has 15 heavy (non-hydrogen) atoms. The number of hydrogen-bond donors (Lipinski definition) is 1. The van der Waals surface area contributed by atoms with E-state index in [0.29, 0.717) is 13.2 Å². The second-order valence-electron chi connectivity index (χ2n) is 4.08. The van der Waals surface area contributed by atoms with Crippen molar-refractivity contribution in [3.63, 3.8) is 0 Å². The lowest BCUT2D eigenvalue weighted by Crippen LogP contribution is -2.45. The van der Waals surface area contributed by atoms with Crippen molar-refractivity contribution in [2.75, 3.05) is 33.4 Å². The Morgan fingerprint density at radius 1 is 1.47 bits per heavy atom. The Kier molecular flexibility index (Phi) is 3.38. The number of ether oxygens (including phenoxy) is 1. The van der Waals surface area contributed by atoms with Crippen LogP contribution in [0.25, 0.3) is 0 Å². The van der Waals surface area contributed by atoms with Gasteiger partial charge in [0.25, 0.3) is 0 Å². The third-order valence-corrected chi connectivity index (χ3v) is 3.14. The molecule has 1 fully saturated rings. The number of amides is 1. The molecule has 84 valence electrons. The van der Waals surface area contributed by atoms with Gasteiger partial charge < -0.3 is 15.0 Å². The lowest BCUT2D eigenvalue weighted by molar-refractivity contribution is -0.135. The fourth-order valence-electron chi connectivity index (χ4n) is 2.16. The molecule has 0 aliphatic carbocycles. The molecule has 2 rings (SSSR count). The predicted molar refractivity (Wildman–Crippen MR) is 57.5 cm³/mol. The summed E-state index contributed by atoms with van der Waals surface area (Å²) in [5, 5.41) is 3.14. The molecule has 0 aromatic rings. The van der Waals surface area contributed by atoms with E-state index in [9.17, 15) is 4.79 Å². The molecule has 0 spiro atoms. The lowest BCUT2D eigenvalue weighted by Gasteiger charge is -2.27. The van der Waals surface area contributed by atoms with Crippen molar-refractivity contribution in [1.82, 2.24) is 10.2 Å². The summed E-state index contributed by atoms with van der Waals surface area (Å²) in [6.45, 7) is 2.81. The zero-order chi connectivity index (χ0) is 10.7. The van der Waals surface area contributed by atoms with E-state index in [0.717, 1.165) is 19.5 Å². The minimum atomic E-state index is 0.00139. The maximum absolute atomic E-state index is 12.1. The van der Waals surface area contributed by atoms with E-state index in [2.05, 4.69) is 17.5 Å². The number of nitrogens with zero attached hydrogens (tertiary/aromatic N) is 1. The van der Waals surface area contributed by atoms with Gasteiger partial charge in [0.05, 0.1) is 19.1 Å². The first-order valence-electron chi connectivity index (χ1n) is 5.51. The van der Waals surface area contributed by atoms with Gasteiger partial charge in [-0.15, -0.1) is 0 Å². The van der Waals surface area contributed by atoms with Crippen LogP contribution in [-0.4, -0.2) is 50.2 Å². The van der Waals surface area contributed by atoms with E-state index in [1.807, 2.05) is 11.9 Å². The molecule has 1 N–H and O–H groups in total. The molecule has 2 aliphatic rings. The van der Waals surface area contributed by atoms with Gasteiger partial charge in [0.2, 0.25) is 5.91 Å². The van der Waals surface area contributed by atoms with E-state index >= 15 is 0 Å². The normalized spacial score (nSPS) is 30.9. The Morgan fingerprint density at radius 3 is 3.00 bits per heavy atom. The first kappa shape index (κ1) is 10.6. The summed E-state index contributed by atoms with van der Waals surface area (Å²) in [5.41, 5.74) is 0. The Bertz CT molecular complexity index is 265. The van der Waals surface area contributed by atoms with Gasteiger partial charge in [-0.3, -0.25) is 4.79 Å². The Morgan fingerprint density at radius 2 is 2.33 bits per heavy atom. The number of hydrogen-bond acceptors (Lipinski definition) is 3. The quantitative estimate of drug-likeness (QED) is 0.653. The number of rotatable bonds is 2. The zero-order valence-electron chi connectivity index (χ0n) is 9.11. The van der Waals surface area contributed by atoms with Gasteiger partial charge in [0, 0.05) is 19.1 Å². The van der Waals surface area contributed by atoms with Crippen molar-refractivity contribution in [3.8, 4) is 0 Å². The Hall–Kier alpha value is -0.870. The van der Waals surface area contributed by atoms with Crippen molar-refractivity contribution in [3.05, 3.63) is 12.2 Å². The maximum Gasteiger partial charge on any atom is 0.229 e. The molecule has 4 heteroatoms. The molecule has 2 unspecified atom stereocenters. The smallest absolute Gasteiger partial charge is 0.229 e. The highest BCUT2D eigenvalue weighted by atomic mass is 16.5. The van der Waals surface area contributed by atoms with Crippen molar-refractivity contribution in [1.29, 1.82) is 0 Å². The van der Waals surface area contributed by atoms with Crippen molar-refractivity contribution < 1.29 is 9.53 Å². The van der Waals surface area contributed by atoms with Gasteiger partial charge in [0.1, 0.15) is 0 Å². The maximum atomic E-state index is 12.1. The SMILES string of the molecule is CNC1COCC1C(=O)N1CC=CCC1. The van der Waals surface area contributed by atoms with Gasteiger partial charge in [-0.1, -0.05) is 12.2 Å². The van der Waals surface area contributed by atoms with E-state index in [1.54, 1.807) is 0 Å². The molecule has 2 atom stereocenters. The van der Waals surface area contributed by atoms with E-state index in [1.165, 1.54) is 0 Å². The summed E-state index contributed by atoms with van der Waals surface area (Å²) in [4.78, 5) is 14.1. The standard InChI is InChI=1S/C11H18N2O2/c1-12-10-8-15-7-9(10)11(14)13-5-3-2-4-6-13/h2-3,9-10,12H,4-8H2,1H3. The summed E-state index contributed by atoms with van der Waals surface area (Å²) in [6.07, 6.45) is 5.17. The number of nitrogens with one attached hydrogen (secondary N) is 1. The van der Waals surface area contributed by atoms with Crippen LogP contribution in [0.15, 0.2) is 12.2 Å². The Labute approximate surface area is 90.3 Å². The molecule has 0 saturated carbocycles. The van der Waals surface area contributed by atoms with Crippen LogP contribution >= 0.6 is 0 Å². The monoisotopic (exact) mass is 210 g/mol. The fraction of sp³-hybridized carbons (Fsp3) is 0.727. The molecule has 2 heterocycles. The summed E-state index contributed by atoms with van der Waals surface area (Å²) in [5.74, 6) is 0.234. The average molecular weight is 210 g/mol. The molecular formula is C11H18N2O2. The minimum Gasteiger partial charge on any atom is -0.379 e. The fourth-order valence-corrected chi connectivity index (χ4v) is 2.16. The second kappa shape index (κ2) is 4.77. The van der Waals surface area contributed by atoms with Gasteiger partial charge in [0.15, 0.2) is 0 Å². The van der Waals surface area contributed by atoms with Crippen LogP contribution in [0.3, 0.4) is 0 Å². The van der Waals surface area contributed by atoms with Crippen LogP contribution in [-0.2, 0) is 9.53 Å². The summed E-state index contributed by atoms with van der Waals surface area (Å²) >= 11 is 0. The lowest BCUT2D eigenvalue weighted by atomic mass is 10.0. The molecule has 1 amide bonds. The van der Waals surface area contributed by atoms with Crippen molar-refractivity contribution >= 4 is 5.91 Å². The van der Waals surface area contributed by atoms with Crippen LogP contribution in [0, 0.1) is 5.92 Å². The van der Waals surface area contributed by atoms with Crippen LogP contribution in [0.1, 0.15) is 6.42 Å². The molecule has 4 nitrogen and oxygen atoms in total. The Balaban J connectivity index is 1.97. The topological polar surface area (TPSA) is 41.6 Å². The van der Waals surface area contributed by atoms with Gasteiger partial charge >= 0.3 is 0 Å². The molecule has 1 saturated heterocycles. The second-order valence-corrected chi connectivity index (χ2v) is 4.08. The molecule has 0 bridgehead atoms. The summed E-state index contributed by atoms with van der Waals surface area (Å²) in [6, 6.07) is 0.184. The highest BCUT2D eigenvalue weighted by molar-refractivity contribution is 5.80. The zero-order valence-corrected chi connectivity index (χ0v) is 9.11. The largest absolute Gasteiger partial charge is 0.379 e. The third-order valence-electron chi connectivity index (χ3n) is 3.14. The molecule has 0 aromatic heterocycles. The summed E-state index contributed by atoms with van der Waals surface area (Å²) in [7, 11) is 1.88. The molecule has 0 radical (unpaired) electrons. The molecule has 0 aromatic carbocycles. The van der Waals surface area contributed by atoms with Crippen LogP contribution in [0.2, 0.25) is 0 Å². The number of carbonyl (C=O) groups is 1. The highest BCUT2D eigenvalue weighted by Crippen LogP contribution is 2.17. The average Bonchev–Trinajstić information content (AvgIpc) is 2.77.